The predicted molar refractivity (Wildman–Crippen MR) is 114 cm³/mol. The molecule has 0 fully saturated rings. The number of benzene rings is 1. The third kappa shape index (κ3) is 5.02. The minimum atomic E-state index is -1.25. The van der Waals surface area contributed by atoms with Crippen molar-refractivity contribution < 1.29 is 4.21 Å². The maximum atomic E-state index is 12.5. The molecule has 0 aliphatic heterocycles. The Morgan fingerprint density at radius 3 is 2.33 bits per heavy atom. The molecule has 0 amide bonds. The van der Waals surface area contributed by atoms with Crippen molar-refractivity contribution in [3.05, 3.63) is 45.2 Å². The molecule has 0 saturated heterocycles. The molecule has 1 aromatic heterocycles. The second-order valence-electron chi connectivity index (χ2n) is 6.39. The zero-order valence-electron chi connectivity index (χ0n) is 14.4. The minimum Gasteiger partial charge on any atom is -0.311 e. The predicted octanol–water partition coefficient (Wildman–Crippen LogP) is 3.53. The van der Waals surface area contributed by atoms with Crippen LogP contribution in [0.5, 0.6) is 0 Å². The molecule has 136 valence electrons. The third-order valence-corrected chi connectivity index (χ3v) is 5.44. The van der Waals surface area contributed by atoms with E-state index in [1.165, 1.54) is 0 Å². The van der Waals surface area contributed by atoms with Gasteiger partial charge in [0.25, 0.3) is 5.56 Å². The lowest BCUT2D eigenvalue weighted by atomic mass is 10.1. The summed E-state index contributed by atoms with van der Waals surface area (Å²) >= 11 is 6.04. The van der Waals surface area contributed by atoms with Crippen LogP contribution in [-0.2, 0) is 18.0 Å². The van der Waals surface area contributed by atoms with Crippen LogP contribution in [0.4, 0.5) is 0 Å². The molecule has 2 atom stereocenters. The zero-order chi connectivity index (χ0) is 16.7. The van der Waals surface area contributed by atoms with Crippen LogP contribution in [0.1, 0.15) is 39.3 Å². The second kappa shape index (κ2) is 8.76. The summed E-state index contributed by atoms with van der Waals surface area (Å²) in [7, 11) is 0.487. The largest absolute Gasteiger partial charge is 0.311 e. The van der Waals surface area contributed by atoms with E-state index in [9.17, 15) is 9.00 Å². The Labute approximate surface area is 164 Å². The van der Waals surface area contributed by atoms with Crippen LogP contribution in [0.3, 0.4) is 0 Å². The Morgan fingerprint density at radius 1 is 1.21 bits per heavy atom. The fourth-order valence-corrected chi connectivity index (χ4v) is 3.17. The van der Waals surface area contributed by atoms with Crippen LogP contribution in [0.25, 0.3) is 10.9 Å². The molecule has 1 N–H and O–H groups in total. The van der Waals surface area contributed by atoms with Crippen molar-refractivity contribution in [1.82, 2.24) is 9.29 Å². The molecular formula is C16H25ClN2O2S3. The Morgan fingerprint density at radius 2 is 1.79 bits per heavy atom. The summed E-state index contributed by atoms with van der Waals surface area (Å²) in [5.74, 6) is 0. The van der Waals surface area contributed by atoms with Gasteiger partial charge in [-0.2, -0.15) is 27.0 Å². The van der Waals surface area contributed by atoms with Crippen LogP contribution in [0, 0.1) is 0 Å². The molecule has 24 heavy (non-hydrogen) atoms. The lowest BCUT2D eigenvalue weighted by molar-refractivity contribution is 0.613. The van der Waals surface area contributed by atoms with E-state index < -0.39 is 11.0 Å². The molecule has 2 rings (SSSR count). The van der Waals surface area contributed by atoms with Crippen molar-refractivity contribution in [2.45, 2.75) is 38.5 Å². The van der Waals surface area contributed by atoms with Gasteiger partial charge < -0.3 is 4.57 Å². The van der Waals surface area contributed by atoms with Crippen molar-refractivity contribution in [2.24, 2.45) is 7.05 Å². The quantitative estimate of drug-likeness (QED) is 0.844. The van der Waals surface area contributed by atoms with E-state index >= 15 is 0 Å². The van der Waals surface area contributed by atoms with Gasteiger partial charge in [0.1, 0.15) is 0 Å². The van der Waals surface area contributed by atoms with Gasteiger partial charge in [0.2, 0.25) is 0 Å². The number of pyridine rings is 1. The van der Waals surface area contributed by atoms with E-state index in [-0.39, 0.29) is 43.3 Å². The molecule has 1 heterocycles. The normalized spacial score (nSPS) is 13.8. The Bertz CT molecular complexity index is 800. The van der Waals surface area contributed by atoms with Crippen LogP contribution in [-0.4, -0.2) is 13.5 Å². The Balaban J connectivity index is 0.00000264. The van der Waals surface area contributed by atoms with Gasteiger partial charge in [-0.1, -0.05) is 11.6 Å². The van der Waals surface area contributed by atoms with Crippen molar-refractivity contribution >= 4 is 60.5 Å². The van der Waals surface area contributed by atoms with E-state index in [1.807, 2.05) is 45.9 Å². The summed E-state index contributed by atoms with van der Waals surface area (Å²) in [6.45, 7) is 7.51. The molecular weight excluding hydrogens is 384 g/mol. The molecule has 8 heteroatoms. The SMILES string of the molecule is C[C@H](N[S@@](=O)C(C)(C)C)c1cc2cc(Cl)ccc2n(C)c1=O.S.S. The highest BCUT2D eigenvalue weighted by molar-refractivity contribution is 7.84. The number of hydrogen-bond donors (Lipinski definition) is 1. The first kappa shape index (κ1) is 23.5. The summed E-state index contributed by atoms with van der Waals surface area (Å²) in [5, 5.41) is 1.51. The molecule has 0 aliphatic rings. The van der Waals surface area contributed by atoms with Crippen LogP contribution in [0.2, 0.25) is 5.02 Å². The highest BCUT2D eigenvalue weighted by atomic mass is 35.5. The van der Waals surface area contributed by atoms with Gasteiger partial charge in [-0.3, -0.25) is 4.79 Å². The van der Waals surface area contributed by atoms with Gasteiger partial charge in [0, 0.05) is 29.1 Å². The average molecular weight is 409 g/mol. The van der Waals surface area contributed by atoms with Gasteiger partial charge >= 0.3 is 0 Å². The molecule has 0 saturated carbocycles. The number of hydrogen-bond acceptors (Lipinski definition) is 2. The Kier molecular flexibility index (Phi) is 8.59. The maximum absolute atomic E-state index is 12.5. The summed E-state index contributed by atoms with van der Waals surface area (Å²) < 4.78 is 16.4. The number of halogens is 1. The van der Waals surface area contributed by atoms with E-state index in [0.717, 1.165) is 10.9 Å². The fraction of sp³-hybridized carbons (Fsp3) is 0.438. The minimum absolute atomic E-state index is 0. The number of aryl methyl sites for hydroxylation is 1. The molecule has 0 unspecified atom stereocenters. The van der Waals surface area contributed by atoms with Gasteiger partial charge in [-0.15, -0.1) is 0 Å². The lowest BCUT2D eigenvalue weighted by Crippen LogP contribution is -2.37. The summed E-state index contributed by atoms with van der Waals surface area (Å²) in [4.78, 5) is 12.5. The van der Waals surface area contributed by atoms with E-state index in [2.05, 4.69) is 4.72 Å². The number of aromatic nitrogens is 1. The first-order valence-corrected chi connectivity index (χ1v) is 8.61. The standard InChI is InChI=1S/C16H21ClN2O2S.2H2S/c1-10(18-22(21)16(2,3)4)13-9-11-8-12(17)6-7-14(11)19(5)15(13)20;;/h6-10,18H,1-5H3;2*1H2/t10-,22-;;/m0../s1. The van der Waals surface area contributed by atoms with Gasteiger partial charge in [-0.25, -0.2) is 8.93 Å². The second-order valence-corrected chi connectivity index (χ2v) is 8.82. The van der Waals surface area contributed by atoms with Crippen molar-refractivity contribution in [3.63, 3.8) is 0 Å². The average Bonchev–Trinajstić information content (AvgIpc) is 2.41. The number of nitrogens with one attached hydrogen (secondary N) is 1. The summed E-state index contributed by atoms with van der Waals surface area (Å²) in [6, 6.07) is 6.92. The highest BCUT2D eigenvalue weighted by Crippen LogP contribution is 2.21. The molecule has 2 aromatic rings. The lowest BCUT2D eigenvalue weighted by Gasteiger charge is -2.22. The highest BCUT2D eigenvalue weighted by Gasteiger charge is 2.23. The van der Waals surface area contributed by atoms with Crippen molar-refractivity contribution in [2.75, 3.05) is 0 Å². The maximum Gasteiger partial charge on any atom is 0.255 e. The summed E-state index contributed by atoms with van der Waals surface area (Å²) in [5.41, 5.74) is 1.30. The molecule has 0 bridgehead atoms. The third-order valence-electron chi connectivity index (χ3n) is 3.52. The van der Waals surface area contributed by atoms with Gasteiger partial charge in [0.05, 0.1) is 21.2 Å². The van der Waals surface area contributed by atoms with Crippen molar-refractivity contribution in [1.29, 1.82) is 0 Å². The van der Waals surface area contributed by atoms with Gasteiger partial charge in [0.15, 0.2) is 0 Å². The van der Waals surface area contributed by atoms with Gasteiger partial charge in [-0.05, 0) is 52.0 Å². The van der Waals surface area contributed by atoms with E-state index in [4.69, 9.17) is 11.6 Å². The number of fused-ring (bicyclic) bond motifs is 1. The first-order valence-electron chi connectivity index (χ1n) is 7.08. The smallest absolute Gasteiger partial charge is 0.255 e. The molecule has 4 nitrogen and oxygen atoms in total. The molecule has 0 aliphatic carbocycles. The fourth-order valence-electron chi connectivity index (χ4n) is 2.19. The van der Waals surface area contributed by atoms with Crippen LogP contribution in [0.15, 0.2) is 29.1 Å². The Hall–Kier alpha value is -0.470. The summed E-state index contributed by atoms with van der Waals surface area (Å²) in [6.07, 6.45) is 0. The topological polar surface area (TPSA) is 51.1 Å². The molecule has 1 aromatic carbocycles. The monoisotopic (exact) mass is 408 g/mol. The van der Waals surface area contributed by atoms with Crippen LogP contribution >= 0.6 is 38.6 Å². The van der Waals surface area contributed by atoms with E-state index in [1.54, 1.807) is 17.7 Å². The van der Waals surface area contributed by atoms with Crippen molar-refractivity contribution in [3.8, 4) is 0 Å². The van der Waals surface area contributed by atoms with E-state index in [0.29, 0.717) is 10.6 Å². The number of nitrogens with zero attached hydrogens (tertiary/aromatic N) is 1. The molecule has 0 radical (unpaired) electrons. The molecule has 0 spiro atoms. The number of rotatable bonds is 3. The van der Waals surface area contributed by atoms with Crippen LogP contribution < -0.4 is 10.3 Å². The zero-order valence-corrected chi connectivity index (χ0v) is 18.0. The first-order chi connectivity index (χ1) is 10.1.